The molecule has 0 aliphatic carbocycles. The molecule has 0 N–H and O–H groups in total. The first kappa shape index (κ1) is 23.1. The van der Waals surface area contributed by atoms with Crippen LogP contribution in [0.2, 0.25) is 0 Å². The highest BCUT2D eigenvalue weighted by Crippen LogP contribution is 2.38. The highest BCUT2D eigenvalue weighted by Gasteiger charge is 2.33. The fourth-order valence-electron chi connectivity index (χ4n) is 4.84. The standard InChI is InChI=1S/C24H28FN3O5S/c25-19-4-6-20(7-5-19)34(30,31)27-12-10-26(11-13-27)17-24(29)28-9-1-2-21(28)18-3-8-22-23(16-18)33-15-14-32-22/h3-8,16,21H,1-2,9-15,17H2. The van der Waals surface area contributed by atoms with E-state index in [1.165, 1.54) is 16.4 Å². The molecule has 3 heterocycles. The van der Waals surface area contributed by atoms with Gasteiger partial charge >= 0.3 is 0 Å². The number of benzene rings is 2. The molecule has 10 heteroatoms. The second kappa shape index (κ2) is 9.52. The van der Waals surface area contributed by atoms with Crippen molar-refractivity contribution >= 4 is 15.9 Å². The van der Waals surface area contributed by atoms with Gasteiger partial charge in [-0.1, -0.05) is 6.07 Å². The van der Waals surface area contributed by atoms with Gasteiger partial charge in [0.1, 0.15) is 19.0 Å². The first-order valence-corrected chi connectivity index (χ1v) is 13.0. The van der Waals surface area contributed by atoms with Crippen molar-refractivity contribution in [1.29, 1.82) is 0 Å². The third-order valence-corrected chi connectivity index (χ3v) is 8.58. The van der Waals surface area contributed by atoms with Gasteiger partial charge in [0.15, 0.2) is 11.5 Å². The monoisotopic (exact) mass is 489 g/mol. The molecule has 1 unspecified atom stereocenters. The Hall–Kier alpha value is -2.69. The van der Waals surface area contributed by atoms with E-state index in [4.69, 9.17) is 9.47 Å². The molecule has 2 saturated heterocycles. The third-order valence-electron chi connectivity index (χ3n) is 6.67. The van der Waals surface area contributed by atoms with Crippen LogP contribution in [0.25, 0.3) is 0 Å². The highest BCUT2D eigenvalue weighted by atomic mass is 32.2. The number of amides is 1. The molecule has 0 spiro atoms. The Morgan fingerprint density at radius 2 is 1.65 bits per heavy atom. The fourth-order valence-corrected chi connectivity index (χ4v) is 6.27. The number of hydrogen-bond acceptors (Lipinski definition) is 6. The van der Waals surface area contributed by atoms with Crippen molar-refractivity contribution in [2.75, 3.05) is 52.5 Å². The number of rotatable bonds is 5. The van der Waals surface area contributed by atoms with Crippen LogP contribution in [0.1, 0.15) is 24.4 Å². The molecule has 3 aliphatic heterocycles. The van der Waals surface area contributed by atoms with Crippen molar-refractivity contribution in [3.8, 4) is 11.5 Å². The molecule has 2 fully saturated rings. The Morgan fingerprint density at radius 1 is 0.941 bits per heavy atom. The molecule has 1 atom stereocenters. The summed E-state index contributed by atoms with van der Waals surface area (Å²) in [5, 5.41) is 0. The van der Waals surface area contributed by atoms with E-state index in [2.05, 4.69) is 0 Å². The number of sulfonamides is 1. The number of fused-ring (bicyclic) bond motifs is 1. The summed E-state index contributed by atoms with van der Waals surface area (Å²) >= 11 is 0. The Labute approximate surface area is 198 Å². The third kappa shape index (κ3) is 4.62. The van der Waals surface area contributed by atoms with E-state index in [-0.39, 0.29) is 23.4 Å². The molecular formula is C24H28FN3O5S. The van der Waals surface area contributed by atoms with Gasteiger partial charge in [0, 0.05) is 32.7 Å². The summed E-state index contributed by atoms with van der Waals surface area (Å²) in [4.78, 5) is 17.2. The van der Waals surface area contributed by atoms with Crippen molar-refractivity contribution in [2.24, 2.45) is 0 Å². The predicted octanol–water partition coefficient (Wildman–Crippen LogP) is 2.27. The number of likely N-dealkylation sites (tertiary alicyclic amines) is 1. The largest absolute Gasteiger partial charge is 0.486 e. The molecule has 182 valence electrons. The maximum Gasteiger partial charge on any atom is 0.243 e. The zero-order chi connectivity index (χ0) is 23.7. The van der Waals surface area contributed by atoms with Crippen LogP contribution in [0.3, 0.4) is 0 Å². The van der Waals surface area contributed by atoms with Gasteiger partial charge in [-0.15, -0.1) is 0 Å². The van der Waals surface area contributed by atoms with E-state index < -0.39 is 15.8 Å². The lowest BCUT2D eigenvalue weighted by atomic mass is 10.0. The minimum Gasteiger partial charge on any atom is -0.486 e. The van der Waals surface area contributed by atoms with Crippen molar-refractivity contribution in [2.45, 2.75) is 23.8 Å². The minimum absolute atomic E-state index is 0.00321. The summed E-state index contributed by atoms with van der Waals surface area (Å²) in [6.07, 6.45) is 1.84. The number of hydrogen-bond donors (Lipinski definition) is 0. The van der Waals surface area contributed by atoms with E-state index in [0.29, 0.717) is 45.9 Å². The molecule has 2 aromatic rings. The molecule has 0 radical (unpaired) electrons. The van der Waals surface area contributed by atoms with Gasteiger partial charge in [-0.2, -0.15) is 4.31 Å². The number of nitrogens with zero attached hydrogens (tertiary/aromatic N) is 3. The SMILES string of the molecule is O=C(CN1CCN(S(=O)(=O)c2ccc(F)cc2)CC1)N1CCCC1c1ccc2c(c1)OCCO2. The van der Waals surface area contributed by atoms with Gasteiger partial charge in [-0.25, -0.2) is 12.8 Å². The molecule has 2 aromatic carbocycles. The topological polar surface area (TPSA) is 79.4 Å². The number of ether oxygens (including phenoxy) is 2. The summed E-state index contributed by atoms with van der Waals surface area (Å²) in [5.74, 6) is 1.03. The van der Waals surface area contributed by atoms with Gasteiger partial charge in [0.2, 0.25) is 15.9 Å². The number of halogens is 1. The maximum atomic E-state index is 13.2. The first-order valence-electron chi connectivity index (χ1n) is 11.6. The zero-order valence-electron chi connectivity index (χ0n) is 18.9. The fraction of sp³-hybridized carbons (Fsp3) is 0.458. The van der Waals surface area contributed by atoms with Crippen LogP contribution in [0.4, 0.5) is 4.39 Å². The second-order valence-electron chi connectivity index (χ2n) is 8.78. The first-order chi connectivity index (χ1) is 16.4. The molecule has 34 heavy (non-hydrogen) atoms. The Bertz CT molecular complexity index is 1150. The van der Waals surface area contributed by atoms with Crippen LogP contribution in [0.15, 0.2) is 47.4 Å². The van der Waals surface area contributed by atoms with Crippen LogP contribution >= 0.6 is 0 Å². The summed E-state index contributed by atoms with van der Waals surface area (Å²) in [5.41, 5.74) is 1.05. The lowest BCUT2D eigenvalue weighted by molar-refractivity contribution is -0.133. The van der Waals surface area contributed by atoms with E-state index in [1.54, 1.807) is 0 Å². The summed E-state index contributed by atoms with van der Waals surface area (Å²) < 4.78 is 51.5. The maximum absolute atomic E-state index is 13.2. The van der Waals surface area contributed by atoms with Crippen molar-refractivity contribution < 1.29 is 27.1 Å². The van der Waals surface area contributed by atoms with Gasteiger partial charge in [0.05, 0.1) is 17.5 Å². The van der Waals surface area contributed by atoms with E-state index in [9.17, 15) is 17.6 Å². The van der Waals surface area contributed by atoms with E-state index in [1.807, 2.05) is 28.0 Å². The van der Waals surface area contributed by atoms with E-state index >= 15 is 0 Å². The molecule has 0 aromatic heterocycles. The number of carbonyl (C=O) groups is 1. The zero-order valence-corrected chi connectivity index (χ0v) is 19.7. The quantitative estimate of drug-likeness (QED) is 0.641. The average molecular weight is 490 g/mol. The lowest BCUT2D eigenvalue weighted by Crippen LogP contribution is -2.51. The molecule has 5 rings (SSSR count). The lowest BCUT2D eigenvalue weighted by Gasteiger charge is -2.35. The van der Waals surface area contributed by atoms with Crippen molar-refractivity contribution in [3.63, 3.8) is 0 Å². The van der Waals surface area contributed by atoms with Gasteiger partial charge in [-0.05, 0) is 54.8 Å². The van der Waals surface area contributed by atoms with E-state index in [0.717, 1.165) is 42.0 Å². The van der Waals surface area contributed by atoms with Crippen LogP contribution < -0.4 is 9.47 Å². The van der Waals surface area contributed by atoms with Gasteiger partial charge < -0.3 is 14.4 Å². The molecule has 0 bridgehead atoms. The smallest absolute Gasteiger partial charge is 0.243 e. The summed E-state index contributed by atoms with van der Waals surface area (Å²) in [6.45, 7) is 3.54. The Balaban J connectivity index is 1.19. The Kier molecular flexibility index (Phi) is 6.46. The molecule has 8 nitrogen and oxygen atoms in total. The highest BCUT2D eigenvalue weighted by molar-refractivity contribution is 7.89. The number of piperazine rings is 1. The summed E-state index contributed by atoms with van der Waals surface area (Å²) in [7, 11) is -3.68. The van der Waals surface area contributed by atoms with Crippen molar-refractivity contribution in [3.05, 3.63) is 53.8 Å². The van der Waals surface area contributed by atoms with Crippen LogP contribution in [0.5, 0.6) is 11.5 Å². The molecule has 1 amide bonds. The average Bonchev–Trinajstić information content (AvgIpc) is 3.35. The van der Waals surface area contributed by atoms with Crippen molar-refractivity contribution in [1.82, 2.24) is 14.1 Å². The Morgan fingerprint density at radius 3 is 2.38 bits per heavy atom. The molecular weight excluding hydrogens is 461 g/mol. The molecule has 3 aliphatic rings. The predicted molar refractivity (Wildman–Crippen MR) is 123 cm³/mol. The summed E-state index contributed by atoms with van der Waals surface area (Å²) in [6, 6.07) is 10.8. The van der Waals surface area contributed by atoms with Crippen LogP contribution in [-0.4, -0.2) is 80.9 Å². The van der Waals surface area contributed by atoms with Crippen LogP contribution in [0, 0.1) is 5.82 Å². The molecule has 0 saturated carbocycles. The normalized spacial score (nSPS) is 21.6. The minimum atomic E-state index is -3.68. The second-order valence-corrected chi connectivity index (χ2v) is 10.7. The van der Waals surface area contributed by atoms with Gasteiger partial charge in [0.25, 0.3) is 0 Å². The van der Waals surface area contributed by atoms with Crippen LogP contribution in [-0.2, 0) is 14.8 Å². The number of carbonyl (C=O) groups excluding carboxylic acids is 1. The van der Waals surface area contributed by atoms with Gasteiger partial charge in [-0.3, -0.25) is 9.69 Å².